The number of nitrogens with zero attached hydrogens (tertiary/aromatic N) is 3. The summed E-state index contributed by atoms with van der Waals surface area (Å²) < 4.78 is 34.4. The Balaban J connectivity index is 1.72. The molecular formula is C33H40N4O7S. The average Bonchev–Trinajstić information content (AvgIpc) is 3.55. The predicted octanol–water partition coefficient (Wildman–Crippen LogP) is 5.02. The summed E-state index contributed by atoms with van der Waals surface area (Å²) in [6.45, 7) is 2.90. The third-order valence-electron chi connectivity index (χ3n) is 8.18. The molecule has 0 spiro atoms. The maximum absolute atomic E-state index is 14.2. The van der Waals surface area contributed by atoms with E-state index in [4.69, 9.17) is 4.74 Å². The number of amides is 2. The molecule has 1 unspecified atom stereocenters. The molecule has 0 aliphatic heterocycles. The van der Waals surface area contributed by atoms with E-state index in [1.807, 2.05) is 37.3 Å². The van der Waals surface area contributed by atoms with E-state index < -0.39 is 33.4 Å². The van der Waals surface area contributed by atoms with Crippen LogP contribution in [0.4, 0.5) is 11.4 Å². The van der Waals surface area contributed by atoms with Crippen LogP contribution in [0.15, 0.2) is 77.7 Å². The lowest BCUT2D eigenvalue weighted by atomic mass is 10.1. The first-order chi connectivity index (χ1) is 21.5. The molecule has 1 atom stereocenters. The zero-order valence-electron chi connectivity index (χ0n) is 25.8. The molecule has 45 heavy (non-hydrogen) atoms. The first kappa shape index (κ1) is 33.4. The van der Waals surface area contributed by atoms with Crippen LogP contribution in [-0.4, -0.2) is 62.3 Å². The Kier molecular flexibility index (Phi) is 11.2. The monoisotopic (exact) mass is 636 g/mol. The van der Waals surface area contributed by atoms with Crippen molar-refractivity contribution in [1.29, 1.82) is 0 Å². The third kappa shape index (κ3) is 8.18. The van der Waals surface area contributed by atoms with Crippen molar-refractivity contribution in [1.82, 2.24) is 10.2 Å². The number of methoxy groups -OCH3 is 1. The second-order valence-corrected chi connectivity index (χ2v) is 13.0. The summed E-state index contributed by atoms with van der Waals surface area (Å²) in [4.78, 5) is 39.9. The van der Waals surface area contributed by atoms with E-state index in [0.29, 0.717) is 24.2 Å². The number of anilines is 1. The Hall–Kier alpha value is -4.45. The van der Waals surface area contributed by atoms with Gasteiger partial charge in [-0.05, 0) is 68.5 Å². The van der Waals surface area contributed by atoms with Gasteiger partial charge >= 0.3 is 0 Å². The molecule has 3 aromatic rings. The van der Waals surface area contributed by atoms with Gasteiger partial charge in [-0.2, -0.15) is 0 Å². The molecule has 1 aliphatic carbocycles. The number of nitro groups is 1. The molecule has 11 nitrogen and oxygen atoms in total. The number of hydrogen-bond acceptors (Lipinski definition) is 7. The summed E-state index contributed by atoms with van der Waals surface area (Å²) in [6, 6.07) is 18.6. The number of carbonyl (C=O) groups excluding carboxylic acids is 2. The van der Waals surface area contributed by atoms with Gasteiger partial charge in [-0.1, -0.05) is 56.2 Å². The van der Waals surface area contributed by atoms with Crippen LogP contribution in [0.1, 0.15) is 50.2 Å². The Morgan fingerprint density at radius 1 is 1.04 bits per heavy atom. The first-order valence-electron chi connectivity index (χ1n) is 15.1. The number of hydrogen-bond donors (Lipinski definition) is 1. The molecule has 2 amide bonds. The number of ether oxygens (including phenoxy) is 1. The molecule has 3 aromatic carbocycles. The molecule has 0 heterocycles. The minimum Gasteiger partial charge on any atom is -0.497 e. The normalized spacial score (nSPS) is 14.0. The molecule has 0 bridgehead atoms. The van der Waals surface area contributed by atoms with Crippen molar-refractivity contribution < 1.29 is 27.7 Å². The summed E-state index contributed by atoms with van der Waals surface area (Å²) in [5.41, 5.74) is 1.08. The van der Waals surface area contributed by atoms with Gasteiger partial charge in [-0.25, -0.2) is 8.42 Å². The number of carbonyl (C=O) groups is 2. The molecule has 0 radical (unpaired) electrons. The van der Waals surface area contributed by atoms with E-state index in [1.54, 1.807) is 12.1 Å². The summed E-state index contributed by atoms with van der Waals surface area (Å²) in [5, 5.41) is 14.7. The highest BCUT2D eigenvalue weighted by Gasteiger charge is 2.35. The summed E-state index contributed by atoms with van der Waals surface area (Å²) >= 11 is 0. The van der Waals surface area contributed by atoms with Crippen LogP contribution in [0.5, 0.6) is 5.75 Å². The summed E-state index contributed by atoms with van der Waals surface area (Å²) in [7, 11) is -3.00. The van der Waals surface area contributed by atoms with Crippen molar-refractivity contribution in [2.45, 2.75) is 69.4 Å². The van der Waals surface area contributed by atoms with Crippen molar-refractivity contribution >= 4 is 33.2 Å². The number of rotatable bonds is 14. The molecule has 0 aromatic heterocycles. The lowest BCUT2D eigenvalue weighted by Gasteiger charge is -2.33. The maximum Gasteiger partial charge on any atom is 0.273 e. The molecule has 12 heteroatoms. The molecule has 0 saturated heterocycles. The van der Waals surface area contributed by atoms with E-state index in [0.717, 1.165) is 41.6 Å². The van der Waals surface area contributed by atoms with Crippen LogP contribution in [0.2, 0.25) is 0 Å². The van der Waals surface area contributed by atoms with Gasteiger partial charge in [0.1, 0.15) is 18.3 Å². The molecule has 1 aliphatic rings. The van der Waals surface area contributed by atoms with Crippen LogP contribution in [0.25, 0.3) is 0 Å². The molecule has 240 valence electrons. The Labute approximate surface area is 264 Å². The topological polar surface area (TPSA) is 139 Å². The average molecular weight is 637 g/mol. The van der Waals surface area contributed by atoms with E-state index in [2.05, 4.69) is 5.32 Å². The molecule has 1 fully saturated rings. The SMILES string of the molecule is CCC(C(=O)NC1CCCC1)N(CCc1ccccc1)C(=O)CN(c1ccc(OC)cc1)S(=O)(=O)c1ccc(C)c([N+](=O)[O-])c1. The van der Waals surface area contributed by atoms with Crippen molar-refractivity contribution in [3.05, 3.63) is 94.0 Å². The maximum atomic E-state index is 14.2. The largest absolute Gasteiger partial charge is 0.497 e. The van der Waals surface area contributed by atoms with Gasteiger partial charge in [-0.15, -0.1) is 0 Å². The van der Waals surface area contributed by atoms with Crippen LogP contribution in [0, 0.1) is 17.0 Å². The zero-order chi connectivity index (χ0) is 32.6. The van der Waals surface area contributed by atoms with Crippen molar-refractivity contribution in [3.8, 4) is 5.75 Å². The van der Waals surface area contributed by atoms with Crippen molar-refractivity contribution in [3.63, 3.8) is 0 Å². The van der Waals surface area contributed by atoms with E-state index in [-0.39, 0.29) is 34.8 Å². The minimum absolute atomic E-state index is 0.0473. The molecule has 1 N–H and O–H groups in total. The molecule has 1 saturated carbocycles. The Bertz CT molecular complexity index is 1590. The molecular weight excluding hydrogens is 596 g/mol. The van der Waals surface area contributed by atoms with Crippen molar-refractivity contribution in [2.24, 2.45) is 0 Å². The van der Waals surface area contributed by atoms with Gasteiger partial charge in [0.05, 0.1) is 22.6 Å². The second kappa shape index (κ2) is 15.0. The van der Waals surface area contributed by atoms with E-state index in [1.165, 1.54) is 43.2 Å². The number of nitro benzene ring substituents is 1. The van der Waals surface area contributed by atoms with Gasteiger partial charge in [0.2, 0.25) is 11.8 Å². The van der Waals surface area contributed by atoms with E-state index >= 15 is 0 Å². The first-order valence-corrected chi connectivity index (χ1v) is 16.5. The highest BCUT2D eigenvalue weighted by molar-refractivity contribution is 7.92. The zero-order valence-corrected chi connectivity index (χ0v) is 26.7. The fraction of sp³-hybridized carbons (Fsp3) is 0.394. The summed E-state index contributed by atoms with van der Waals surface area (Å²) in [5.74, 6) is -0.355. The smallest absolute Gasteiger partial charge is 0.273 e. The van der Waals surface area contributed by atoms with Crippen LogP contribution < -0.4 is 14.4 Å². The standard InChI is InChI=1S/C33H40N4O7S/c1-4-30(33(39)34-26-12-8-9-13-26)35(21-20-25-10-6-5-7-11-25)32(38)23-36(27-15-17-28(44-3)18-16-27)45(42,43)29-19-14-24(2)31(22-29)37(40)41/h5-7,10-11,14-19,22,26,30H,4,8-9,12-13,20-21,23H2,1-3H3,(H,34,39). The summed E-state index contributed by atoms with van der Waals surface area (Å²) in [6.07, 6.45) is 4.62. The van der Waals surface area contributed by atoms with Crippen LogP contribution >= 0.6 is 0 Å². The van der Waals surface area contributed by atoms with Gasteiger partial charge in [0.15, 0.2) is 0 Å². The Morgan fingerprint density at radius 3 is 2.31 bits per heavy atom. The number of aryl methyl sites for hydroxylation is 1. The lowest BCUT2D eigenvalue weighted by molar-refractivity contribution is -0.385. The van der Waals surface area contributed by atoms with Crippen LogP contribution in [-0.2, 0) is 26.0 Å². The minimum atomic E-state index is -4.47. The fourth-order valence-corrected chi connectivity index (χ4v) is 7.05. The van der Waals surface area contributed by atoms with Gasteiger partial charge in [-0.3, -0.25) is 24.0 Å². The Morgan fingerprint density at radius 2 is 1.71 bits per heavy atom. The number of nitrogens with one attached hydrogen (secondary N) is 1. The van der Waals surface area contributed by atoms with Crippen LogP contribution in [0.3, 0.4) is 0 Å². The van der Waals surface area contributed by atoms with Gasteiger partial charge in [0, 0.05) is 24.2 Å². The molecule has 4 rings (SSSR count). The van der Waals surface area contributed by atoms with Gasteiger partial charge < -0.3 is 15.0 Å². The predicted molar refractivity (Wildman–Crippen MR) is 172 cm³/mol. The van der Waals surface area contributed by atoms with E-state index in [9.17, 15) is 28.1 Å². The second-order valence-electron chi connectivity index (χ2n) is 11.2. The third-order valence-corrected chi connectivity index (χ3v) is 9.95. The highest BCUT2D eigenvalue weighted by Crippen LogP contribution is 2.29. The highest BCUT2D eigenvalue weighted by atomic mass is 32.2. The van der Waals surface area contributed by atoms with Gasteiger partial charge in [0.25, 0.3) is 15.7 Å². The number of benzene rings is 3. The quantitative estimate of drug-likeness (QED) is 0.194. The van der Waals surface area contributed by atoms with Crippen molar-refractivity contribution in [2.75, 3.05) is 24.5 Å². The lowest BCUT2D eigenvalue weighted by Crippen LogP contribution is -2.54. The fourth-order valence-electron chi connectivity index (χ4n) is 5.61. The number of sulfonamides is 1.